The maximum Gasteiger partial charge on any atom is 0.246 e. The molecule has 0 radical (unpaired) electrons. The van der Waals surface area contributed by atoms with Crippen LogP contribution in [0, 0.1) is 11.6 Å². The molecule has 4 nitrogen and oxygen atoms in total. The molecule has 1 aliphatic heterocycles. The van der Waals surface area contributed by atoms with E-state index >= 15 is 0 Å². The number of likely N-dealkylation sites (tertiary alicyclic amines) is 1. The zero-order valence-electron chi connectivity index (χ0n) is 10.6. The molecule has 0 spiro atoms. The number of piperidine rings is 1. The summed E-state index contributed by atoms with van der Waals surface area (Å²) in [6.07, 6.45) is 1.26. The minimum atomic E-state index is -4.16. The molecule has 1 aliphatic rings. The Labute approximate surface area is 111 Å². The van der Waals surface area contributed by atoms with Crippen LogP contribution >= 0.6 is 0 Å². The molecule has 0 aliphatic carbocycles. The van der Waals surface area contributed by atoms with Crippen molar-refractivity contribution < 1.29 is 17.2 Å². The largest absolute Gasteiger partial charge is 0.306 e. The number of benzene rings is 1. The lowest BCUT2D eigenvalue weighted by Crippen LogP contribution is -2.43. The first-order valence-corrected chi connectivity index (χ1v) is 7.53. The van der Waals surface area contributed by atoms with Crippen LogP contribution in [-0.2, 0) is 10.0 Å². The van der Waals surface area contributed by atoms with Crippen LogP contribution in [0.4, 0.5) is 8.78 Å². The van der Waals surface area contributed by atoms with Crippen molar-refractivity contribution in [3.63, 3.8) is 0 Å². The molecule has 0 bridgehead atoms. The van der Waals surface area contributed by atoms with Crippen LogP contribution in [0.15, 0.2) is 23.1 Å². The quantitative estimate of drug-likeness (QED) is 0.914. The lowest BCUT2D eigenvalue weighted by Gasteiger charge is -2.29. The SMILES string of the molecule is CN1CCC(NS(=O)(=O)c2c(F)cccc2F)CC1. The van der Waals surface area contributed by atoms with Crippen LogP contribution in [0.3, 0.4) is 0 Å². The highest BCUT2D eigenvalue weighted by molar-refractivity contribution is 7.89. The van der Waals surface area contributed by atoms with Gasteiger partial charge in [0.25, 0.3) is 0 Å². The van der Waals surface area contributed by atoms with Crippen LogP contribution in [-0.4, -0.2) is 39.5 Å². The molecule has 1 N–H and O–H groups in total. The van der Waals surface area contributed by atoms with Gasteiger partial charge >= 0.3 is 0 Å². The summed E-state index contributed by atoms with van der Waals surface area (Å²) >= 11 is 0. The van der Waals surface area contributed by atoms with Crippen molar-refractivity contribution >= 4 is 10.0 Å². The number of sulfonamides is 1. The maximum absolute atomic E-state index is 13.5. The van der Waals surface area contributed by atoms with E-state index in [4.69, 9.17) is 0 Å². The predicted octanol–water partition coefficient (Wildman–Crippen LogP) is 1.34. The van der Waals surface area contributed by atoms with Gasteiger partial charge in [0.1, 0.15) is 11.6 Å². The number of nitrogens with zero attached hydrogens (tertiary/aromatic N) is 1. The molecule has 2 rings (SSSR count). The Morgan fingerprint density at radius 3 is 2.26 bits per heavy atom. The summed E-state index contributed by atoms with van der Waals surface area (Å²) in [5.41, 5.74) is 0. The predicted molar refractivity (Wildman–Crippen MR) is 67.2 cm³/mol. The van der Waals surface area contributed by atoms with Crippen LogP contribution in [0.1, 0.15) is 12.8 Å². The van der Waals surface area contributed by atoms with Gasteiger partial charge in [0.15, 0.2) is 4.90 Å². The normalized spacial score (nSPS) is 18.7. The maximum atomic E-state index is 13.5. The van der Waals surface area contributed by atoms with Crippen LogP contribution in [0.25, 0.3) is 0 Å². The number of hydrogen-bond acceptors (Lipinski definition) is 3. The average Bonchev–Trinajstić information content (AvgIpc) is 2.31. The van der Waals surface area contributed by atoms with Crippen LogP contribution in [0.2, 0.25) is 0 Å². The Hall–Kier alpha value is -1.05. The van der Waals surface area contributed by atoms with Crippen molar-refractivity contribution in [2.45, 2.75) is 23.8 Å². The standard InChI is InChI=1S/C12H16F2N2O2S/c1-16-7-5-9(6-8-16)15-19(17,18)12-10(13)3-2-4-11(12)14/h2-4,9,15H,5-8H2,1H3. The molecule has 1 aromatic carbocycles. The summed E-state index contributed by atoms with van der Waals surface area (Å²) in [6, 6.07) is 2.73. The van der Waals surface area contributed by atoms with Gasteiger partial charge in [-0.2, -0.15) is 0 Å². The van der Waals surface area contributed by atoms with E-state index in [0.29, 0.717) is 12.8 Å². The first-order valence-electron chi connectivity index (χ1n) is 6.05. The second-order valence-corrected chi connectivity index (χ2v) is 6.40. The van der Waals surface area contributed by atoms with Crippen molar-refractivity contribution in [1.82, 2.24) is 9.62 Å². The second kappa shape index (κ2) is 5.52. The third-order valence-corrected chi connectivity index (χ3v) is 4.80. The molecule has 0 unspecified atom stereocenters. The highest BCUT2D eigenvalue weighted by Gasteiger charge is 2.28. The molecule has 1 heterocycles. The summed E-state index contributed by atoms with van der Waals surface area (Å²) in [5.74, 6) is -2.14. The van der Waals surface area contributed by atoms with E-state index in [9.17, 15) is 17.2 Å². The summed E-state index contributed by atoms with van der Waals surface area (Å²) in [6.45, 7) is 1.51. The monoisotopic (exact) mass is 290 g/mol. The Bertz CT molecular complexity index is 535. The summed E-state index contributed by atoms with van der Waals surface area (Å²) < 4.78 is 53.4. The smallest absolute Gasteiger partial charge is 0.246 e. The Morgan fingerprint density at radius 1 is 1.21 bits per heavy atom. The summed E-state index contributed by atoms with van der Waals surface area (Å²) in [4.78, 5) is 1.18. The van der Waals surface area contributed by atoms with E-state index in [1.807, 2.05) is 7.05 Å². The minimum Gasteiger partial charge on any atom is -0.306 e. The molecular formula is C12H16F2N2O2S. The first kappa shape index (κ1) is 14.4. The Morgan fingerprint density at radius 2 is 1.74 bits per heavy atom. The molecule has 19 heavy (non-hydrogen) atoms. The molecule has 0 atom stereocenters. The van der Waals surface area contributed by atoms with Crippen molar-refractivity contribution in [3.8, 4) is 0 Å². The highest BCUT2D eigenvalue weighted by atomic mass is 32.2. The van der Waals surface area contributed by atoms with E-state index in [0.717, 1.165) is 31.3 Å². The molecule has 0 aromatic heterocycles. The topological polar surface area (TPSA) is 49.4 Å². The molecule has 1 aromatic rings. The first-order chi connectivity index (χ1) is 8.90. The fourth-order valence-electron chi connectivity index (χ4n) is 2.14. The number of hydrogen-bond donors (Lipinski definition) is 1. The van der Waals surface area contributed by atoms with E-state index in [2.05, 4.69) is 9.62 Å². The van der Waals surface area contributed by atoms with Gasteiger partial charge < -0.3 is 4.90 Å². The summed E-state index contributed by atoms with van der Waals surface area (Å²) in [5, 5.41) is 0. The molecule has 1 fully saturated rings. The van der Waals surface area contributed by atoms with E-state index in [1.54, 1.807) is 0 Å². The van der Waals surface area contributed by atoms with Gasteiger partial charge in [-0.25, -0.2) is 21.9 Å². The van der Waals surface area contributed by atoms with Crippen LogP contribution in [0.5, 0.6) is 0 Å². The van der Waals surface area contributed by atoms with E-state index in [1.165, 1.54) is 0 Å². The second-order valence-electron chi connectivity index (χ2n) is 4.75. The Kier molecular flexibility index (Phi) is 4.17. The van der Waals surface area contributed by atoms with Crippen molar-refractivity contribution in [3.05, 3.63) is 29.8 Å². The van der Waals surface area contributed by atoms with Gasteiger partial charge in [0.05, 0.1) is 0 Å². The van der Waals surface area contributed by atoms with Crippen LogP contribution < -0.4 is 4.72 Å². The van der Waals surface area contributed by atoms with Gasteiger partial charge in [-0.3, -0.25) is 0 Å². The molecule has 106 valence electrons. The van der Waals surface area contributed by atoms with Gasteiger partial charge in [-0.15, -0.1) is 0 Å². The summed E-state index contributed by atoms with van der Waals surface area (Å²) in [7, 11) is -2.21. The number of halogens is 2. The zero-order chi connectivity index (χ0) is 14.0. The van der Waals surface area contributed by atoms with E-state index in [-0.39, 0.29) is 6.04 Å². The number of rotatable bonds is 3. The van der Waals surface area contributed by atoms with Crippen molar-refractivity contribution in [1.29, 1.82) is 0 Å². The van der Waals surface area contributed by atoms with Gasteiger partial charge in [0.2, 0.25) is 10.0 Å². The fraction of sp³-hybridized carbons (Fsp3) is 0.500. The lowest BCUT2D eigenvalue weighted by atomic mass is 10.1. The lowest BCUT2D eigenvalue weighted by molar-refractivity contribution is 0.248. The number of nitrogens with one attached hydrogen (secondary N) is 1. The third-order valence-electron chi connectivity index (χ3n) is 3.23. The van der Waals surface area contributed by atoms with Crippen molar-refractivity contribution in [2.75, 3.05) is 20.1 Å². The fourth-order valence-corrected chi connectivity index (χ4v) is 3.59. The zero-order valence-corrected chi connectivity index (χ0v) is 11.4. The van der Waals surface area contributed by atoms with Gasteiger partial charge in [-0.1, -0.05) is 6.07 Å². The third kappa shape index (κ3) is 3.29. The van der Waals surface area contributed by atoms with E-state index < -0.39 is 26.6 Å². The average molecular weight is 290 g/mol. The minimum absolute atomic E-state index is 0.278. The molecule has 0 saturated carbocycles. The van der Waals surface area contributed by atoms with Gasteiger partial charge in [-0.05, 0) is 45.1 Å². The Balaban J connectivity index is 2.19. The molecular weight excluding hydrogens is 274 g/mol. The van der Waals surface area contributed by atoms with Gasteiger partial charge in [0, 0.05) is 6.04 Å². The molecule has 1 saturated heterocycles. The van der Waals surface area contributed by atoms with Crippen molar-refractivity contribution in [2.24, 2.45) is 0 Å². The molecule has 7 heteroatoms. The molecule has 0 amide bonds. The highest BCUT2D eigenvalue weighted by Crippen LogP contribution is 2.20.